The van der Waals surface area contributed by atoms with Crippen molar-refractivity contribution in [1.82, 2.24) is 0 Å². The zero-order chi connectivity index (χ0) is 8.97. The molecule has 1 rings (SSSR count). The average molecular weight is 338 g/mol. The van der Waals surface area contributed by atoms with Crippen molar-refractivity contribution in [3.63, 3.8) is 0 Å². The van der Waals surface area contributed by atoms with Gasteiger partial charge in [-0.1, -0.05) is 22.5 Å². The predicted octanol–water partition coefficient (Wildman–Crippen LogP) is 3.61. The van der Waals surface area contributed by atoms with Crippen LogP contribution in [0.5, 0.6) is 0 Å². The summed E-state index contributed by atoms with van der Waals surface area (Å²) >= 11 is 5.57. The van der Waals surface area contributed by atoms with E-state index in [1.165, 1.54) is 3.57 Å². The zero-order valence-electron chi connectivity index (χ0n) is 6.48. The van der Waals surface area contributed by atoms with Crippen LogP contribution < -0.4 is 5.32 Å². The molecule has 1 aromatic rings. The van der Waals surface area contributed by atoms with Gasteiger partial charge in [-0.05, 0) is 46.9 Å². The Labute approximate surface area is 94.5 Å². The van der Waals surface area contributed by atoms with Gasteiger partial charge in [-0.15, -0.1) is 0 Å². The minimum Gasteiger partial charge on any atom is -0.380 e. The van der Waals surface area contributed by atoms with Gasteiger partial charge in [-0.25, -0.2) is 0 Å². The van der Waals surface area contributed by atoms with Crippen molar-refractivity contribution in [2.75, 3.05) is 11.9 Å². The lowest BCUT2D eigenvalue weighted by Crippen LogP contribution is -1.99. The first-order valence-corrected chi connectivity index (χ1v) is 5.38. The first-order valence-electron chi connectivity index (χ1n) is 3.51. The van der Waals surface area contributed by atoms with Crippen molar-refractivity contribution in [2.45, 2.75) is 0 Å². The molecule has 0 saturated carbocycles. The van der Waals surface area contributed by atoms with Gasteiger partial charge in [0.2, 0.25) is 0 Å². The van der Waals surface area contributed by atoms with Crippen LogP contribution in [0.25, 0.3) is 0 Å². The largest absolute Gasteiger partial charge is 0.380 e. The van der Waals surface area contributed by atoms with Gasteiger partial charge in [-0.3, -0.25) is 0 Å². The Morgan fingerprint density at radius 3 is 2.50 bits per heavy atom. The maximum Gasteiger partial charge on any atom is 0.0460 e. The highest BCUT2D eigenvalue weighted by Crippen LogP contribution is 2.12. The molecule has 1 nitrogen and oxygen atoms in total. The lowest BCUT2D eigenvalue weighted by molar-refractivity contribution is 1.33. The first-order chi connectivity index (χ1) is 5.68. The normalized spacial score (nSPS) is 9.50. The van der Waals surface area contributed by atoms with Crippen molar-refractivity contribution in [3.05, 3.63) is 38.9 Å². The van der Waals surface area contributed by atoms with Crippen LogP contribution in [0.3, 0.4) is 0 Å². The molecule has 3 heteroatoms. The van der Waals surface area contributed by atoms with E-state index in [1.807, 2.05) is 0 Å². The third-order valence-corrected chi connectivity index (χ3v) is 2.33. The molecule has 0 radical (unpaired) electrons. The Hall–Kier alpha value is -0.0300. The molecule has 0 spiro atoms. The molecule has 12 heavy (non-hydrogen) atoms. The fourth-order valence-corrected chi connectivity index (χ4v) is 1.27. The quantitative estimate of drug-likeness (QED) is 0.831. The van der Waals surface area contributed by atoms with Crippen molar-refractivity contribution in [3.8, 4) is 0 Å². The highest BCUT2D eigenvalue weighted by atomic mass is 127. The smallest absolute Gasteiger partial charge is 0.0460 e. The number of halogens is 2. The second kappa shape index (κ2) is 4.87. The second-order valence-corrected chi connectivity index (χ2v) is 4.74. The van der Waals surface area contributed by atoms with Crippen LogP contribution in [0, 0.1) is 3.57 Å². The van der Waals surface area contributed by atoms with E-state index < -0.39 is 0 Å². The number of hydrogen-bond donors (Lipinski definition) is 1. The van der Waals surface area contributed by atoms with Gasteiger partial charge in [0, 0.05) is 20.3 Å². The number of rotatable bonds is 3. The minimum atomic E-state index is 0.764. The molecule has 0 aliphatic heterocycles. The van der Waals surface area contributed by atoms with E-state index in [2.05, 4.69) is 74.7 Å². The van der Waals surface area contributed by atoms with E-state index in [0.29, 0.717) is 0 Å². The second-order valence-electron chi connectivity index (χ2n) is 2.38. The van der Waals surface area contributed by atoms with Crippen LogP contribution in [-0.2, 0) is 0 Å². The number of hydrogen-bond acceptors (Lipinski definition) is 1. The summed E-state index contributed by atoms with van der Waals surface area (Å²) in [6.07, 6.45) is 0. The predicted molar refractivity (Wildman–Crippen MR) is 65.7 cm³/mol. The minimum absolute atomic E-state index is 0.764. The number of nitrogens with one attached hydrogen (secondary N) is 1. The molecule has 0 unspecified atom stereocenters. The average Bonchev–Trinajstić information content (AvgIpc) is 2.03. The highest BCUT2D eigenvalue weighted by Gasteiger charge is 1.91. The Kier molecular flexibility index (Phi) is 4.08. The molecule has 0 bridgehead atoms. The molecule has 0 aliphatic rings. The molecule has 0 fully saturated rings. The van der Waals surface area contributed by atoms with Gasteiger partial charge in [0.05, 0.1) is 0 Å². The lowest BCUT2D eigenvalue weighted by Gasteiger charge is -2.04. The van der Waals surface area contributed by atoms with Gasteiger partial charge in [0.1, 0.15) is 0 Å². The van der Waals surface area contributed by atoms with Gasteiger partial charge in [-0.2, -0.15) is 0 Å². The summed E-state index contributed by atoms with van der Waals surface area (Å²) in [5, 5.41) is 3.22. The molecule has 1 aromatic carbocycles. The summed E-state index contributed by atoms with van der Waals surface area (Å²) in [5.41, 5.74) is 1.12. The van der Waals surface area contributed by atoms with E-state index in [0.717, 1.165) is 16.7 Å². The molecule has 0 aromatic heterocycles. The van der Waals surface area contributed by atoms with Gasteiger partial charge >= 0.3 is 0 Å². The summed E-state index contributed by atoms with van der Waals surface area (Å²) in [6.45, 7) is 4.50. The number of anilines is 1. The summed E-state index contributed by atoms with van der Waals surface area (Å²) in [6, 6.07) is 8.25. The number of benzene rings is 1. The third kappa shape index (κ3) is 3.58. The summed E-state index contributed by atoms with van der Waals surface area (Å²) in [7, 11) is 0. The third-order valence-electron chi connectivity index (χ3n) is 1.33. The van der Waals surface area contributed by atoms with E-state index >= 15 is 0 Å². The van der Waals surface area contributed by atoms with E-state index in [-0.39, 0.29) is 0 Å². The molecule has 0 aliphatic carbocycles. The standard InChI is InChI=1S/C9H9BrIN/c1-7(10)6-12-9-4-2-8(11)3-5-9/h2-5,12H,1,6H2. The van der Waals surface area contributed by atoms with E-state index in [4.69, 9.17) is 0 Å². The maximum absolute atomic E-state index is 3.74. The monoisotopic (exact) mass is 337 g/mol. The van der Waals surface area contributed by atoms with E-state index in [9.17, 15) is 0 Å². The first kappa shape index (κ1) is 10.1. The van der Waals surface area contributed by atoms with Crippen molar-refractivity contribution in [2.24, 2.45) is 0 Å². The fourth-order valence-electron chi connectivity index (χ4n) is 0.766. The lowest BCUT2D eigenvalue weighted by atomic mass is 10.3. The molecular formula is C9H9BrIN. The molecule has 0 saturated heterocycles. The molecule has 0 heterocycles. The topological polar surface area (TPSA) is 12.0 Å². The summed E-state index contributed by atoms with van der Waals surface area (Å²) < 4.78 is 2.21. The van der Waals surface area contributed by atoms with Gasteiger partial charge in [0.25, 0.3) is 0 Å². The Bertz CT molecular complexity index is 268. The Balaban J connectivity index is 2.53. The molecule has 0 atom stereocenters. The van der Waals surface area contributed by atoms with Gasteiger partial charge < -0.3 is 5.32 Å². The molecular weight excluding hydrogens is 329 g/mol. The van der Waals surface area contributed by atoms with Crippen LogP contribution in [0.1, 0.15) is 0 Å². The zero-order valence-corrected chi connectivity index (χ0v) is 10.2. The highest BCUT2D eigenvalue weighted by molar-refractivity contribution is 14.1. The summed E-state index contributed by atoms with van der Waals surface area (Å²) in [5.74, 6) is 0. The fraction of sp³-hybridized carbons (Fsp3) is 0.111. The Morgan fingerprint density at radius 2 is 2.00 bits per heavy atom. The van der Waals surface area contributed by atoms with Crippen molar-refractivity contribution >= 4 is 44.2 Å². The SMILES string of the molecule is C=C(Br)CNc1ccc(I)cc1. The van der Waals surface area contributed by atoms with Crippen LogP contribution in [0.4, 0.5) is 5.69 Å². The van der Waals surface area contributed by atoms with Crippen molar-refractivity contribution in [1.29, 1.82) is 0 Å². The van der Waals surface area contributed by atoms with Crippen LogP contribution in [0.2, 0.25) is 0 Å². The molecule has 0 amide bonds. The summed E-state index contributed by atoms with van der Waals surface area (Å²) in [4.78, 5) is 0. The van der Waals surface area contributed by atoms with Crippen LogP contribution in [0.15, 0.2) is 35.3 Å². The van der Waals surface area contributed by atoms with Crippen LogP contribution >= 0.6 is 38.5 Å². The molecule has 1 N–H and O–H groups in total. The van der Waals surface area contributed by atoms with Crippen LogP contribution in [-0.4, -0.2) is 6.54 Å². The molecule has 64 valence electrons. The van der Waals surface area contributed by atoms with Crippen molar-refractivity contribution < 1.29 is 0 Å². The maximum atomic E-state index is 3.74. The van der Waals surface area contributed by atoms with Gasteiger partial charge in [0.15, 0.2) is 0 Å². The van der Waals surface area contributed by atoms with E-state index in [1.54, 1.807) is 0 Å². The Morgan fingerprint density at radius 1 is 1.42 bits per heavy atom.